The maximum atomic E-state index is 12.7. The van der Waals surface area contributed by atoms with Crippen LogP contribution in [-0.4, -0.2) is 5.11 Å². The Morgan fingerprint density at radius 2 is 1.81 bits per heavy atom. The van der Waals surface area contributed by atoms with Crippen LogP contribution >= 0.6 is 43.2 Å². The maximum absolute atomic E-state index is 12.7. The topological polar surface area (TPSA) is 20.2 Å². The van der Waals surface area contributed by atoms with Crippen molar-refractivity contribution < 1.29 is 9.50 Å². The quantitative estimate of drug-likeness (QED) is 0.831. The highest BCUT2D eigenvalue weighted by molar-refractivity contribution is 9.13. The molecule has 1 aromatic carbocycles. The lowest BCUT2D eigenvalue weighted by Crippen LogP contribution is -1.96. The van der Waals surface area contributed by atoms with E-state index < -0.39 is 6.10 Å². The first kappa shape index (κ1) is 12.2. The van der Waals surface area contributed by atoms with Gasteiger partial charge in [0, 0.05) is 9.35 Å². The van der Waals surface area contributed by atoms with E-state index in [4.69, 9.17) is 0 Å². The molecule has 1 atom stereocenters. The first-order chi connectivity index (χ1) is 7.58. The highest BCUT2D eigenvalue weighted by Gasteiger charge is 2.14. The number of hydrogen-bond acceptors (Lipinski definition) is 2. The molecule has 0 fully saturated rings. The molecule has 2 rings (SSSR count). The molecule has 5 heteroatoms. The summed E-state index contributed by atoms with van der Waals surface area (Å²) in [6.45, 7) is 0. The standard InChI is InChI=1S/C11H7Br2FOS/c12-8-5-9(16-11(8)13)10(15)6-1-3-7(14)4-2-6/h1-5,10,15H. The van der Waals surface area contributed by atoms with Crippen molar-refractivity contribution in [3.8, 4) is 0 Å². The summed E-state index contributed by atoms with van der Waals surface area (Å²) in [6, 6.07) is 7.71. The van der Waals surface area contributed by atoms with E-state index in [1.54, 1.807) is 12.1 Å². The molecule has 16 heavy (non-hydrogen) atoms. The molecular formula is C11H7Br2FOS. The minimum atomic E-state index is -0.715. The molecule has 0 radical (unpaired) electrons. The van der Waals surface area contributed by atoms with Gasteiger partial charge in [-0.3, -0.25) is 0 Å². The molecule has 1 heterocycles. The number of thiophene rings is 1. The van der Waals surface area contributed by atoms with Gasteiger partial charge in [-0.05, 0) is 55.6 Å². The third-order valence-electron chi connectivity index (χ3n) is 2.12. The van der Waals surface area contributed by atoms with Crippen molar-refractivity contribution in [2.24, 2.45) is 0 Å². The molecule has 0 aliphatic rings. The normalized spacial score (nSPS) is 12.8. The summed E-state index contributed by atoms with van der Waals surface area (Å²) in [7, 11) is 0. The lowest BCUT2D eigenvalue weighted by atomic mass is 10.1. The summed E-state index contributed by atoms with van der Waals surface area (Å²) in [6.07, 6.45) is -0.715. The lowest BCUT2D eigenvalue weighted by Gasteiger charge is -2.08. The third kappa shape index (κ3) is 2.53. The van der Waals surface area contributed by atoms with Crippen molar-refractivity contribution in [2.75, 3.05) is 0 Å². The number of rotatable bonds is 2. The molecule has 0 saturated heterocycles. The second kappa shape index (κ2) is 4.96. The Kier molecular flexibility index (Phi) is 3.79. The van der Waals surface area contributed by atoms with E-state index >= 15 is 0 Å². The molecule has 0 aliphatic carbocycles. The van der Waals surface area contributed by atoms with Gasteiger partial charge in [0.05, 0.1) is 3.79 Å². The molecule has 1 nitrogen and oxygen atoms in total. The molecule has 1 aromatic heterocycles. The average Bonchev–Trinajstić information content (AvgIpc) is 2.59. The highest BCUT2D eigenvalue weighted by Crippen LogP contribution is 2.37. The Morgan fingerprint density at radius 1 is 1.19 bits per heavy atom. The predicted octanol–water partition coefficient (Wildman–Crippen LogP) is 4.49. The van der Waals surface area contributed by atoms with Gasteiger partial charge in [0.1, 0.15) is 11.9 Å². The molecule has 0 saturated carbocycles. The zero-order chi connectivity index (χ0) is 11.7. The van der Waals surface area contributed by atoms with Crippen LogP contribution in [0.5, 0.6) is 0 Å². The minimum absolute atomic E-state index is 0.301. The summed E-state index contributed by atoms with van der Waals surface area (Å²) in [5, 5.41) is 10.1. The SMILES string of the molecule is OC(c1ccc(F)cc1)c1cc(Br)c(Br)s1. The van der Waals surface area contributed by atoms with Crippen molar-refractivity contribution in [1.82, 2.24) is 0 Å². The minimum Gasteiger partial charge on any atom is -0.383 e. The van der Waals surface area contributed by atoms with E-state index in [1.165, 1.54) is 23.5 Å². The maximum Gasteiger partial charge on any atom is 0.123 e. The van der Waals surface area contributed by atoms with Crippen molar-refractivity contribution in [2.45, 2.75) is 6.10 Å². The van der Waals surface area contributed by atoms with Crippen LogP contribution in [0.3, 0.4) is 0 Å². The number of aliphatic hydroxyl groups is 1. The van der Waals surface area contributed by atoms with Crippen molar-refractivity contribution in [1.29, 1.82) is 0 Å². The van der Waals surface area contributed by atoms with Crippen molar-refractivity contribution in [3.63, 3.8) is 0 Å². The van der Waals surface area contributed by atoms with Crippen LogP contribution in [0.15, 0.2) is 38.6 Å². The molecule has 1 unspecified atom stereocenters. The predicted molar refractivity (Wildman–Crippen MR) is 70.2 cm³/mol. The Morgan fingerprint density at radius 3 is 2.31 bits per heavy atom. The van der Waals surface area contributed by atoms with Gasteiger partial charge in [0.15, 0.2) is 0 Å². The van der Waals surface area contributed by atoms with E-state index in [9.17, 15) is 9.50 Å². The van der Waals surface area contributed by atoms with E-state index in [0.717, 1.165) is 13.1 Å². The molecule has 0 spiro atoms. The second-order valence-electron chi connectivity index (χ2n) is 3.22. The van der Waals surface area contributed by atoms with Gasteiger partial charge >= 0.3 is 0 Å². The van der Waals surface area contributed by atoms with E-state index in [1.807, 2.05) is 6.07 Å². The van der Waals surface area contributed by atoms with Crippen LogP contribution < -0.4 is 0 Å². The number of benzene rings is 1. The summed E-state index contributed by atoms with van der Waals surface area (Å²) >= 11 is 8.18. The van der Waals surface area contributed by atoms with Gasteiger partial charge in [-0.2, -0.15) is 0 Å². The largest absolute Gasteiger partial charge is 0.383 e. The van der Waals surface area contributed by atoms with Gasteiger partial charge in [-0.1, -0.05) is 12.1 Å². The smallest absolute Gasteiger partial charge is 0.123 e. The molecule has 2 aromatic rings. The fraction of sp³-hybridized carbons (Fsp3) is 0.0909. The summed E-state index contributed by atoms with van der Waals surface area (Å²) in [5.74, 6) is -0.301. The Balaban J connectivity index is 2.31. The second-order valence-corrected chi connectivity index (χ2v) is 6.48. The lowest BCUT2D eigenvalue weighted by molar-refractivity contribution is 0.224. The van der Waals surface area contributed by atoms with Crippen molar-refractivity contribution >= 4 is 43.2 Å². The number of aliphatic hydroxyl groups excluding tert-OH is 1. The number of halogens is 3. The Hall–Kier alpha value is -0.230. The first-order valence-corrected chi connectivity index (χ1v) is 6.86. The molecule has 0 amide bonds. The van der Waals surface area contributed by atoms with Crippen LogP contribution in [0.4, 0.5) is 4.39 Å². The Labute approximate surface area is 113 Å². The van der Waals surface area contributed by atoms with E-state index in [-0.39, 0.29) is 5.82 Å². The molecule has 84 valence electrons. The monoisotopic (exact) mass is 364 g/mol. The molecule has 0 aliphatic heterocycles. The number of hydrogen-bond donors (Lipinski definition) is 1. The zero-order valence-corrected chi connectivity index (χ0v) is 11.9. The van der Waals surface area contributed by atoms with Crippen molar-refractivity contribution in [3.05, 3.63) is 54.8 Å². The van der Waals surface area contributed by atoms with E-state index in [2.05, 4.69) is 31.9 Å². The van der Waals surface area contributed by atoms with Gasteiger partial charge in [0.25, 0.3) is 0 Å². The van der Waals surface area contributed by atoms with E-state index in [0.29, 0.717) is 5.56 Å². The van der Waals surface area contributed by atoms with Gasteiger partial charge in [-0.15, -0.1) is 11.3 Å². The summed E-state index contributed by atoms with van der Waals surface area (Å²) < 4.78 is 14.6. The van der Waals surface area contributed by atoms with Crippen LogP contribution in [0, 0.1) is 5.82 Å². The van der Waals surface area contributed by atoms with Gasteiger partial charge < -0.3 is 5.11 Å². The van der Waals surface area contributed by atoms with Crippen LogP contribution in [-0.2, 0) is 0 Å². The average molecular weight is 366 g/mol. The first-order valence-electron chi connectivity index (χ1n) is 4.46. The fourth-order valence-corrected chi connectivity index (χ4v) is 3.41. The summed E-state index contributed by atoms with van der Waals surface area (Å²) in [4.78, 5) is 0.811. The molecular weight excluding hydrogens is 359 g/mol. The molecule has 1 N–H and O–H groups in total. The third-order valence-corrected chi connectivity index (χ3v) is 5.43. The summed E-state index contributed by atoms with van der Waals surface area (Å²) in [5.41, 5.74) is 0.683. The van der Waals surface area contributed by atoms with Crippen LogP contribution in [0.2, 0.25) is 0 Å². The van der Waals surface area contributed by atoms with Crippen LogP contribution in [0.1, 0.15) is 16.5 Å². The zero-order valence-electron chi connectivity index (χ0n) is 7.95. The van der Waals surface area contributed by atoms with Gasteiger partial charge in [0.2, 0.25) is 0 Å². The van der Waals surface area contributed by atoms with Crippen LogP contribution in [0.25, 0.3) is 0 Å². The highest BCUT2D eigenvalue weighted by atomic mass is 79.9. The Bertz CT molecular complexity index is 476. The van der Waals surface area contributed by atoms with Gasteiger partial charge in [-0.25, -0.2) is 4.39 Å². The fourth-order valence-electron chi connectivity index (χ4n) is 1.31. The molecule has 0 bridgehead atoms.